The lowest BCUT2D eigenvalue weighted by molar-refractivity contribution is -0.385. The Balaban J connectivity index is 2.14. The highest BCUT2D eigenvalue weighted by Crippen LogP contribution is 2.23. The smallest absolute Gasteiger partial charge is 0.273 e. The van der Waals surface area contributed by atoms with Crippen molar-refractivity contribution >= 4 is 5.69 Å². The molecule has 0 bridgehead atoms. The van der Waals surface area contributed by atoms with Crippen LogP contribution >= 0.6 is 0 Å². The van der Waals surface area contributed by atoms with Gasteiger partial charge in [-0.15, -0.1) is 0 Å². The highest BCUT2D eigenvalue weighted by Gasteiger charge is 2.17. The Morgan fingerprint density at radius 2 is 2.32 bits per heavy atom. The minimum Gasteiger partial charge on any atom is -0.496 e. The van der Waals surface area contributed by atoms with Crippen LogP contribution in [0.15, 0.2) is 18.2 Å². The number of piperazine rings is 1. The average Bonchev–Trinajstić information content (AvgIpc) is 2.38. The summed E-state index contributed by atoms with van der Waals surface area (Å²) in [5.41, 5.74) is 0.998. The summed E-state index contributed by atoms with van der Waals surface area (Å²) in [4.78, 5) is 12.8. The molecule has 0 amide bonds. The van der Waals surface area contributed by atoms with Gasteiger partial charge in [0.05, 0.1) is 18.1 Å². The molecule has 1 N–H and O–H groups in total. The van der Waals surface area contributed by atoms with Crippen LogP contribution in [-0.2, 0) is 6.54 Å². The molecule has 0 radical (unpaired) electrons. The number of hydrogen-bond acceptors (Lipinski definition) is 5. The molecule has 104 valence electrons. The van der Waals surface area contributed by atoms with E-state index in [1.807, 2.05) is 6.07 Å². The standard InChI is InChI=1S/C13H19N3O3/c1-10-8-15(4-3-14-10)9-11-5-12(16(17)18)7-13(6-11)19-2/h5-7,10,14H,3-4,8-9H2,1-2H3. The lowest BCUT2D eigenvalue weighted by Gasteiger charge is -2.31. The molecule has 1 saturated heterocycles. The molecule has 6 nitrogen and oxygen atoms in total. The van der Waals surface area contributed by atoms with Gasteiger partial charge in [0.25, 0.3) is 5.69 Å². The van der Waals surface area contributed by atoms with Crippen LogP contribution in [0.4, 0.5) is 5.69 Å². The Morgan fingerprint density at radius 1 is 1.53 bits per heavy atom. The van der Waals surface area contributed by atoms with E-state index in [2.05, 4.69) is 17.1 Å². The first-order valence-corrected chi connectivity index (χ1v) is 6.36. The quantitative estimate of drug-likeness (QED) is 0.658. The van der Waals surface area contributed by atoms with Crippen LogP contribution in [0.3, 0.4) is 0 Å². The van der Waals surface area contributed by atoms with E-state index in [4.69, 9.17) is 4.74 Å². The zero-order valence-electron chi connectivity index (χ0n) is 11.3. The lowest BCUT2D eigenvalue weighted by Crippen LogP contribution is -2.48. The molecule has 19 heavy (non-hydrogen) atoms. The summed E-state index contributed by atoms with van der Waals surface area (Å²) in [6.45, 7) is 5.71. The van der Waals surface area contributed by atoms with Crippen LogP contribution in [0, 0.1) is 10.1 Å². The molecule has 1 aromatic rings. The zero-order chi connectivity index (χ0) is 13.8. The number of non-ortho nitro benzene ring substituents is 1. The van der Waals surface area contributed by atoms with E-state index < -0.39 is 0 Å². The molecule has 0 aliphatic carbocycles. The monoisotopic (exact) mass is 265 g/mol. The Kier molecular flexibility index (Phi) is 4.34. The number of ether oxygens (including phenoxy) is 1. The Morgan fingerprint density at radius 3 is 2.95 bits per heavy atom. The number of nitrogens with zero attached hydrogens (tertiary/aromatic N) is 2. The summed E-state index contributed by atoms with van der Waals surface area (Å²) in [6.07, 6.45) is 0. The first-order valence-electron chi connectivity index (χ1n) is 6.36. The summed E-state index contributed by atoms with van der Waals surface area (Å²) in [5, 5.41) is 14.3. The van der Waals surface area contributed by atoms with Crippen molar-refractivity contribution in [3.63, 3.8) is 0 Å². The molecule has 1 heterocycles. The van der Waals surface area contributed by atoms with Gasteiger partial charge in [-0.3, -0.25) is 15.0 Å². The second-order valence-corrected chi connectivity index (χ2v) is 4.89. The molecule has 2 rings (SSSR count). The third-order valence-electron chi connectivity index (χ3n) is 3.26. The predicted octanol–water partition coefficient (Wildman–Crippen LogP) is 1.40. The van der Waals surface area contributed by atoms with E-state index in [0.29, 0.717) is 18.3 Å². The van der Waals surface area contributed by atoms with Gasteiger partial charge < -0.3 is 10.1 Å². The van der Waals surface area contributed by atoms with E-state index in [1.165, 1.54) is 13.2 Å². The van der Waals surface area contributed by atoms with Crippen LogP contribution in [0.2, 0.25) is 0 Å². The van der Waals surface area contributed by atoms with Crippen molar-refractivity contribution in [3.8, 4) is 5.75 Å². The van der Waals surface area contributed by atoms with Gasteiger partial charge in [0, 0.05) is 38.3 Å². The van der Waals surface area contributed by atoms with Crippen molar-refractivity contribution in [1.29, 1.82) is 0 Å². The van der Waals surface area contributed by atoms with Gasteiger partial charge in [-0.05, 0) is 18.6 Å². The fourth-order valence-corrected chi connectivity index (χ4v) is 2.37. The number of nitro groups is 1. The van der Waals surface area contributed by atoms with Crippen LogP contribution in [0.5, 0.6) is 5.75 Å². The molecule has 6 heteroatoms. The highest BCUT2D eigenvalue weighted by molar-refractivity contribution is 5.42. The van der Waals surface area contributed by atoms with Crippen molar-refractivity contribution < 1.29 is 9.66 Å². The third kappa shape index (κ3) is 3.65. The van der Waals surface area contributed by atoms with Gasteiger partial charge in [0.1, 0.15) is 5.75 Å². The molecule has 0 spiro atoms. The van der Waals surface area contributed by atoms with Crippen molar-refractivity contribution in [1.82, 2.24) is 10.2 Å². The summed E-state index contributed by atoms with van der Waals surface area (Å²) >= 11 is 0. The average molecular weight is 265 g/mol. The summed E-state index contributed by atoms with van der Waals surface area (Å²) in [7, 11) is 1.52. The maximum absolute atomic E-state index is 10.9. The Bertz CT molecular complexity index is 464. The SMILES string of the molecule is COc1cc(CN2CCNC(C)C2)cc([N+](=O)[O-])c1. The van der Waals surface area contributed by atoms with E-state index in [9.17, 15) is 10.1 Å². The molecule has 1 aliphatic rings. The molecule has 1 aliphatic heterocycles. The summed E-state index contributed by atoms with van der Waals surface area (Å²) in [6, 6.07) is 5.38. The maximum atomic E-state index is 10.9. The first-order chi connectivity index (χ1) is 9.08. The first kappa shape index (κ1) is 13.8. The van der Waals surface area contributed by atoms with Gasteiger partial charge in [0.15, 0.2) is 0 Å². The molecule has 1 aromatic carbocycles. The third-order valence-corrected chi connectivity index (χ3v) is 3.26. The van der Waals surface area contributed by atoms with E-state index in [0.717, 1.165) is 25.2 Å². The fourth-order valence-electron chi connectivity index (χ4n) is 2.37. The van der Waals surface area contributed by atoms with Crippen LogP contribution in [-0.4, -0.2) is 42.6 Å². The van der Waals surface area contributed by atoms with E-state index in [1.54, 1.807) is 6.07 Å². The summed E-state index contributed by atoms with van der Waals surface area (Å²) in [5.74, 6) is 0.535. The highest BCUT2D eigenvalue weighted by atomic mass is 16.6. The maximum Gasteiger partial charge on any atom is 0.273 e. The zero-order valence-corrected chi connectivity index (χ0v) is 11.3. The fraction of sp³-hybridized carbons (Fsp3) is 0.538. The van der Waals surface area contributed by atoms with Gasteiger partial charge in [-0.2, -0.15) is 0 Å². The molecule has 0 aromatic heterocycles. The second-order valence-electron chi connectivity index (χ2n) is 4.89. The number of methoxy groups -OCH3 is 1. The molecular formula is C13H19N3O3. The molecular weight excluding hydrogens is 246 g/mol. The topological polar surface area (TPSA) is 67.6 Å². The number of nitro benzene ring substituents is 1. The molecule has 1 fully saturated rings. The Labute approximate surface area is 112 Å². The predicted molar refractivity (Wildman–Crippen MR) is 72.4 cm³/mol. The largest absolute Gasteiger partial charge is 0.496 e. The van der Waals surface area contributed by atoms with Crippen LogP contribution < -0.4 is 10.1 Å². The van der Waals surface area contributed by atoms with Crippen LogP contribution in [0.25, 0.3) is 0 Å². The molecule has 1 unspecified atom stereocenters. The minimum atomic E-state index is -0.383. The Hall–Kier alpha value is -1.66. The van der Waals surface area contributed by atoms with Gasteiger partial charge in [0.2, 0.25) is 0 Å². The van der Waals surface area contributed by atoms with E-state index >= 15 is 0 Å². The second kappa shape index (κ2) is 5.99. The normalized spacial score (nSPS) is 20.2. The van der Waals surface area contributed by atoms with Gasteiger partial charge >= 0.3 is 0 Å². The van der Waals surface area contributed by atoms with Crippen molar-refractivity contribution in [2.24, 2.45) is 0 Å². The van der Waals surface area contributed by atoms with Crippen molar-refractivity contribution in [2.45, 2.75) is 19.5 Å². The number of benzene rings is 1. The number of hydrogen-bond donors (Lipinski definition) is 1. The molecule has 0 saturated carbocycles. The molecule has 1 atom stereocenters. The van der Waals surface area contributed by atoms with Crippen LogP contribution in [0.1, 0.15) is 12.5 Å². The summed E-state index contributed by atoms with van der Waals surface area (Å²) < 4.78 is 5.12. The van der Waals surface area contributed by atoms with Gasteiger partial charge in [-0.25, -0.2) is 0 Å². The van der Waals surface area contributed by atoms with E-state index in [-0.39, 0.29) is 10.6 Å². The number of rotatable bonds is 4. The van der Waals surface area contributed by atoms with Crippen molar-refractivity contribution in [2.75, 3.05) is 26.7 Å². The number of nitrogens with one attached hydrogen (secondary N) is 1. The minimum absolute atomic E-state index is 0.0810. The van der Waals surface area contributed by atoms with Gasteiger partial charge in [-0.1, -0.05) is 0 Å². The lowest BCUT2D eigenvalue weighted by atomic mass is 10.1. The van der Waals surface area contributed by atoms with Crippen molar-refractivity contribution in [3.05, 3.63) is 33.9 Å².